The predicted molar refractivity (Wildman–Crippen MR) is 84.8 cm³/mol. The second-order valence-corrected chi connectivity index (χ2v) is 6.02. The zero-order valence-electron chi connectivity index (χ0n) is 12.1. The molecule has 0 amide bonds. The van der Waals surface area contributed by atoms with E-state index in [0.29, 0.717) is 19.0 Å². The summed E-state index contributed by atoms with van der Waals surface area (Å²) >= 11 is 3.37. The van der Waals surface area contributed by atoms with Gasteiger partial charge in [0.1, 0.15) is 23.4 Å². The second kappa shape index (κ2) is 5.60. The van der Waals surface area contributed by atoms with Gasteiger partial charge in [0.05, 0.1) is 23.8 Å². The fraction of sp³-hybridized carbons (Fsp3) is 0.400. The number of ether oxygens (including phenoxy) is 2. The maximum Gasteiger partial charge on any atom is 0.136 e. The number of halogens is 1. The third kappa shape index (κ3) is 2.72. The van der Waals surface area contributed by atoms with E-state index in [1.165, 1.54) is 5.56 Å². The van der Waals surface area contributed by atoms with E-state index >= 15 is 0 Å². The van der Waals surface area contributed by atoms with Gasteiger partial charge in [0.15, 0.2) is 0 Å². The number of fused-ring (bicyclic) bond motifs is 1. The highest BCUT2D eigenvalue weighted by molar-refractivity contribution is 9.10. The lowest BCUT2D eigenvalue weighted by Gasteiger charge is -2.13. The Bertz CT molecular complexity index is 669. The molecule has 0 radical (unpaired) electrons. The number of nitrogens with two attached hydrogens (primary N) is 1. The average Bonchev–Trinajstić information content (AvgIpc) is 2.95. The molecule has 0 saturated heterocycles. The molecular weight excluding hydrogens is 334 g/mol. The van der Waals surface area contributed by atoms with Crippen LogP contribution in [0.1, 0.15) is 25.0 Å². The Balaban J connectivity index is 1.97. The lowest BCUT2D eigenvalue weighted by molar-refractivity contribution is 0.254. The van der Waals surface area contributed by atoms with Crippen LogP contribution in [-0.4, -0.2) is 22.5 Å². The summed E-state index contributed by atoms with van der Waals surface area (Å²) in [5, 5.41) is 4.27. The first-order valence-electron chi connectivity index (χ1n) is 7.00. The van der Waals surface area contributed by atoms with Crippen molar-refractivity contribution in [1.82, 2.24) is 9.78 Å². The molecule has 0 fully saturated rings. The fourth-order valence-corrected chi connectivity index (χ4v) is 2.85. The van der Waals surface area contributed by atoms with Crippen LogP contribution in [0.15, 0.2) is 22.8 Å². The summed E-state index contributed by atoms with van der Waals surface area (Å²) in [5.41, 5.74) is 8.21. The van der Waals surface area contributed by atoms with Crippen molar-refractivity contribution in [2.75, 3.05) is 12.3 Å². The van der Waals surface area contributed by atoms with Gasteiger partial charge >= 0.3 is 0 Å². The lowest BCUT2D eigenvalue weighted by atomic mass is 10.1. The number of hydrogen-bond acceptors (Lipinski definition) is 4. The van der Waals surface area contributed by atoms with Crippen LogP contribution in [0.3, 0.4) is 0 Å². The quantitative estimate of drug-likeness (QED) is 0.919. The number of hydrogen-bond donors (Lipinski definition) is 1. The summed E-state index contributed by atoms with van der Waals surface area (Å²) < 4.78 is 14.1. The Labute approximate surface area is 132 Å². The molecule has 2 N–H and O–H groups in total. The van der Waals surface area contributed by atoms with Crippen LogP contribution >= 0.6 is 15.9 Å². The SMILES string of the molecule is CCOc1cc2c(cc1Cn1ncc(Br)c1N)OC(C)C2. The molecule has 2 aromatic rings. The van der Waals surface area contributed by atoms with Crippen LogP contribution in [0.2, 0.25) is 0 Å². The highest BCUT2D eigenvalue weighted by Crippen LogP contribution is 2.35. The van der Waals surface area contributed by atoms with Gasteiger partial charge in [0.25, 0.3) is 0 Å². The molecule has 1 aromatic carbocycles. The summed E-state index contributed by atoms with van der Waals surface area (Å²) in [7, 11) is 0. The molecule has 2 heterocycles. The summed E-state index contributed by atoms with van der Waals surface area (Å²) in [6.07, 6.45) is 2.83. The minimum Gasteiger partial charge on any atom is -0.494 e. The molecule has 3 rings (SSSR count). The Morgan fingerprint density at radius 1 is 1.52 bits per heavy atom. The number of nitrogen functional groups attached to an aromatic ring is 1. The average molecular weight is 352 g/mol. The molecule has 1 aliphatic rings. The third-order valence-electron chi connectivity index (χ3n) is 3.53. The van der Waals surface area contributed by atoms with Crippen molar-refractivity contribution in [1.29, 1.82) is 0 Å². The molecule has 1 aliphatic heterocycles. The third-order valence-corrected chi connectivity index (χ3v) is 4.14. The number of anilines is 1. The van der Waals surface area contributed by atoms with Crippen molar-refractivity contribution < 1.29 is 9.47 Å². The standard InChI is InChI=1S/C15H18BrN3O2/c1-3-20-13-5-10-4-9(2)21-14(10)6-11(13)8-19-15(17)12(16)7-18-19/h5-7,9H,3-4,8,17H2,1-2H3. The molecule has 21 heavy (non-hydrogen) atoms. The van der Waals surface area contributed by atoms with Crippen molar-refractivity contribution in [2.24, 2.45) is 0 Å². The molecule has 5 nitrogen and oxygen atoms in total. The van der Waals surface area contributed by atoms with Crippen molar-refractivity contribution in [3.8, 4) is 11.5 Å². The van der Waals surface area contributed by atoms with Gasteiger partial charge in [-0.2, -0.15) is 5.10 Å². The summed E-state index contributed by atoms with van der Waals surface area (Å²) in [6, 6.07) is 4.12. The minimum atomic E-state index is 0.216. The van der Waals surface area contributed by atoms with E-state index in [1.54, 1.807) is 10.9 Å². The summed E-state index contributed by atoms with van der Waals surface area (Å²) in [4.78, 5) is 0. The van der Waals surface area contributed by atoms with Crippen molar-refractivity contribution >= 4 is 21.7 Å². The highest BCUT2D eigenvalue weighted by Gasteiger charge is 2.22. The lowest BCUT2D eigenvalue weighted by Crippen LogP contribution is -2.08. The van der Waals surface area contributed by atoms with Gasteiger partial charge in [0, 0.05) is 17.5 Å². The molecule has 0 spiro atoms. The fourth-order valence-electron chi connectivity index (χ4n) is 2.55. The van der Waals surface area contributed by atoms with Gasteiger partial charge in [-0.1, -0.05) is 0 Å². The smallest absolute Gasteiger partial charge is 0.136 e. The summed E-state index contributed by atoms with van der Waals surface area (Å²) in [5.74, 6) is 2.41. The van der Waals surface area contributed by atoms with Crippen LogP contribution in [0, 0.1) is 0 Å². The normalized spacial score (nSPS) is 16.6. The molecule has 1 atom stereocenters. The Hall–Kier alpha value is -1.69. The number of nitrogens with zero attached hydrogens (tertiary/aromatic N) is 2. The van der Waals surface area contributed by atoms with Crippen LogP contribution in [-0.2, 0) is 13.0 Å². The van der Waals surface area contributed by atoms with E-state index < -0.39 is 0 Å². The highest BCUT2D eigenvalue weighted by atomic mass is 79.9. The Morgan fingerprint density at radius 2 is 2.33 bits per heavy atom. The van der Waals surface area contributed by atoms with E-state index in [4.69, 9.17) is 15.2 Å². The van der Waals surface area contributed by atoms with Crippen LogP contribution in [0.25, 0.3) is 0 Å². The van der Waals surface area contributed by atoms with Crippen molar-refractivity contribution in [3.05, 3.63) is 33.9 Å². The van der Waals surface area contributed by atoms with Crippen LogP contribution in [0.5, 0.6) is 11.5 Å². The predicted octanol–water partition coefficient (Wildman–Crippen LogP) is 3.00. The monoisotopic (exact) mass is 351 g/mol. The van der Waals surface area contributed by atoms with Crippen LogP contribution < -0.4 is 15.2 Å². The van der Waals surface area contributed by atoms with Gasteiger partial charge in [-0.05, 0) is 41.9 Å². The van der Waals surface area contributed by atoms with E-state index in [-0.39, 0.29) is 6.10 Å². The molecule has 1 aromatic heterocycles. The largest absolute Gasteiger partial charge is 0.494 e. The van der Waals surface area contributed by atoms with Gasteiger partial charge in [-0.15, -0.1) is 0 Å². The van der Waals surface area contributed by atoms with Crippen molar-refractivity contribution in [3.63, 3.8) is 0 Å². The first kappa shape index (κ1) is 14.3. The molecule has 6 heteroatoms. The zero-order valence-corrected chi connectivity index (χ0v) is 13.7. The molecule has 0 bridgehead atoms. The molecule has 1 unspecified atom stereocenters. The molecule has 112 valence electrons. The maximum absolute atomic E-state index is 5.99. The molecule has 0 aliphatic carbocycles. The topological polar surface area (TPSA) is 62.3 Å². The molecule has 0 saturated carbocycles. The van der Waals surface area contributed by atoms with E-state index in [0.717, 1.165) is 28.0 Å². The van der Waals surface area contributed by atoms with Gasteiger partial charge < -0.3 is 15.2 Å². The Kier molecular flexibility index (Phi) is 3.80. The molecular formula is C15H18BrN3O2. The number of benzene rings is 1. The van der Waals surface area contributed by atoms with Gasteiger partial charge in [0.2, 0.25) is 0 Å². The zero-order chi connectivity index (χ0) is 15.0. The first-order chi connectivity index (χ1) is 10.1. The van der Waals surface area contributed by atoms with E-state index in [1.807, 2.05) is 13.0 Å². The van der Waals surface area contributed by atoms with Gasteiger partial charge in [-0.3, -0.25) is 0 Å². The summed E-state index contributed by atoms with van der Waals surface area (Å²) in [6.45, 7) is 5.23. The first-order valence-corrected chi connectivity index (χ1v) is 7.79. The number of aromatic nitrogens is 2. The van der Waals surface area contributed by atoms with E-state index in [9.17, 15) is 0 Å². The van der Waals surface area contributed by atoms with Crippen molar-refractivity contribution in [2.45, 2.75) is 32.9 Å². The van der Waals surface area contributed by atoms with Crippen LogP contribution in [0.4, 0.5) is 5.82 Å². The van der Waals surface area contributed by atoms with Gasteiger partial charge in [-0.25, -0.2) is 4.68 Å². The Morgan fingerprint density at radius 3 is 3.00 bits per heavy atom. The number of rotatable bonds is 4. The van der Waals surface area contributed by atoms with E-state index in [2.05, 4.69) is 34.0 Å². The minimum absolute atomic E-state index is 0.216. The second-order valence-electron chi connectivity index (χ2n) is 5.17. The maximum atomic E-state index is 5.99.